The summed E-state index contributed by atoms with van der Waals surface area (Å²) in [6.45, 7) is 7.13. The largest absolute Gasteiger partial charge is 0.338 e. The molecule has 2 N–H and O–H groups in total. The van der Waals surface area contributed by atoms with E-state index in [-0.39, 0.29) is 23.2 Å². The second-order valence-corrected chi connectivity index (χ2v) is 6.07. The lowest BCUT2D eigenvalue weighted by atomic mass is 9.79. The standard InChI is InChI=1S/C15H21FN2O/c1-10-8-11(4-5-12(10)16)14(19)18-7-6-13(17)15(2,3)9-18/h4-5,8,13H,6-7,9,17H2,1-3H3. The number of aryl methyl sites for hydroxylation is 1. The average molecular weight is 264 g/mol. The second-order valence-electron chi connectivity index (χ2n) is 6.07. The number of hydrogen-bond acceptors (Lipinski definition) is 2. The van der Waals surface area contributed by atoms with Crippen LogP contribution in [0.2, 0.25) is 0 Å². The van der Waals surface area contributed by atoms with Crippen molar-refractivity contribution in [3.05, 3.63) is 35.1 Å². The highest BCUT2D eigenvalue weighted by atomic mass is 19.1. The van der Waals surface area contributed by atoms with Crippen LogP contribution in [-0.4, -0.2) is 29.9 Å². The third-order valence-corrected chi connectivity index (χ3v) is 4.00. The molecular formula is C15H21FN2O. The Bertz CT molecular complexity index is 499. The van der Waals surface area contributed by atoms with Crippen molar-refractivity contribution >= 4 is 5.91 Å². The van der Waals surface area contributed by atoms with Crippen LogP contribution in [0.5, 0.6) is 0 Å². The molecule has 0 saturated carbocycles. The van der Waals surface area contributed by atoms with Gasteiger partial charge in [0.2, 0.25) is 0 Å². The third-order valence-electron chi connectivity index (χ3n) is 4.00. The Kier molecular flexibility index (Phi) is 3.63. The molecule has 1 heterocycles. The van der Waals surface area contributed by atoms with Crippen LogP contribution in [0, 0.1) is 18.2 Å². The summed E-state index contributed by atoms with van der Waals surface area (Å²) in [6.07, 6.45) is 0.804. The fraction of sp³-hybridized carbons (Fsp3) is 0.533. The lowest BCUT2D eigenvalue weighted by Gasteiger charge is -2.42. The van der Waals surface area contributed by atoms with Crippen LogP contribution in [0.4, 0.5) is 4.39 Å². The van der Waals surface area contributed by atoms with E-state index in [0.717, 1.165) is 6.42 Å². The van der Waals surface area contributed by atoms with Gasteiger partial charge in [0.05, 0.1) is 0 Å². The van der Waals surface area contributed by atoms with E-state index in [9.17, 15) is 9.18 Å². The lowest BCUT2D eigenvalue weighted by Crippen LogP contribution is -2.54. The summed E-state index contributed by atoms with van der Waals surface area (Å²) in [5, 5.41) is 0. The van der Waals surface area contributed by atoms with Crippen molar-refractivity contribution in [1.82, 2.24) is 4.90 Å². The zero-order valence-corrected chi connectivity index (χ0v) is 11.7. The van der Waals surface area contributed by atoms with Crippen molar-refractivity contribution in [2.75, 3.05) is 13.1 Å². The molecule has 0 aliphatic carbocycles. The molecule has 0 radical (unpaired) electrons. The molecule has 1 fully saturated rings. The van der Waals surface area contributed by atoms with Gasteiger partial charge in [-0.25, -0.2) is 4.39 Å². The number of rotatable bonds is 1. The Morgan fingerprint density at radius 2 is 2.16 bits per heavy atom. The van der Waals surface area contributed by atoms with Gasteiger partial charge in [-0.3, -0.25) is 4.79 Å². The highest BCUT2D eigenvalue weighted by Gasteiger charge is 2.35. The first kappa shape index (κ1) is 14.0. The molecule has 1 aliphatic rings. The zero-order chi connectivity index (χ0) is 14.2. The molecule has 3 nitrogen and oxygen atoms in total. The van der Waals surface area contributed by atoms with Crippen molar-refractivity contribution < 1.29 is 9.18 Å². The molecule has 0 spiro atoms. The predicted octanol–water partition coefficient (Wildman–Crippen LogP) is 2.33. The minimum atomic E-state index is -0.280. The summed E-state index contributed by atoms with van der Waals surface area (Å²) < 4.78 is 13.2. The highest BCUT2D eigenvalue weighted by molar-refractivity contribution is 5.94. The van der Waals surface area contributed by atoms with Crippen LogP contribution in [0.25, 0.3) is 0 Å². The Morgan fingerprint density at radius 1 is 1.47 bits per heavy atom. The lowest BCUT2D eigenvalue weighted by molar-refractivity contribution is 0.0533. The number of piperidine rings is 1. The van der Waals surface area contributed by atoms with Gasteiger partial charge >= 0.3 is 0 Å². The van der Waals surface area contributed by atoms with E-state index in [0.29, 0.717) is 24.2 Å². The van der Waals surface area contributed by atoms with E-state index in [1.54, 1.807) is 19.1 Å². The zero-order valence-electron chi connectivity index (χ0n) is 11.7. The topological polar surface area (TPSA) is 46.3 Å². The number of benzene rings is 1. The van der Waals surface area contributed by atoms with Crippen LogP contribution in [0.1, 0.15) is 36.2 Å². The van der Waals surface area contributed by atoms with E-state index in [2.05, 4.69) is 13.8 Å². The monoisotopic (exact) mass is 264 g/mol. The molecule has 2 rings (SSSR count). The van der Waals surface area contributed by atoms with Crippen molar-refractivity contribution in [3.8, 4) is 0 Å². The summed E-state index contributed by atoms with van der Waals surface area (Å²) in [4.78, 5) is 14.2. The van der Waals surface area contributed by atoms with E-state index in [1.165, 1.54) is 6.07 Å². The number of carbonyl (C=O) groups excluding carboxylic acids is 1. The average Bonchev–Trinajstić information content (AvgIpc) is 2.35. The first-order chi connectivity index (χ1) is 8.81. The highest BCUT2D eigenvalue weighted by Crippen LogP contribution is 2.28. The summed E-state index contributed by atoms with van der Waals surface area (Å²) >= 11 is 0. The molecule has 1 atom stereocenters. The number of hydrogen-bond donors (Lipinski definition) is 1. The van der Waals surface area contributed by atoms with Crippen LogP contribution >= 0.6 is 0 Å². The van der Waals surface area contributed by atoms with Crippen LogP contribution in [0.3, 0.4) is 0 Å². The number of halogens is 1. The maximum atomic E-state index is 13.2. The Hall–Kier alpha value is -1.42. The van der Waals surface area contributed by atoms with Gasteiger partial charge in [-0.05, 0) is 42.5 Å². The minimum absolute atomic E-state index is 0.0388. The molecule has 104 valence electrons. The summed E-state index contributed by atoms with van der Waals surface area (Å²) in [5.74, 6) is -0.319. The van der Waals surface area contributed by atoms with Crippen molar-refractivity contribution in [2.24, 2.45) is 11.1 Å². The van der Waals surface area contributed by atoms with Crippen molar-refractivity contribution in [3.63, 3.8) is 0 Å². The van der Waals surface area contributed by atoms with Gasteiger partial charge in [-0.2, -0.15) is 0 Å². The van der Waals surface area contributed by atoms with Gasteiger partial charge in [0.25, 0.3) is 5.91 Å². The van der Waals surface area contributed by atoms with Gasteiger partial charge < -0.3 is 10.6 Å². The Morgan fingerprint density at radius 3 is 2.74 bits per heavy atom. The number of nitrogens with two attached hydrogens (primary N) is 1. The maximum absolute atomic E-state index is 13.2. The fourth-order valence-corrected chi connectivity index (χ4v) is 2.51. The fourth-order valence-electron chi connectivity index (χ4n) is 2.51. The van der Waals surface area contributed by atoms with Gasteiger partial charge in [-0.1, -0.05) is 13.8 Å². The minimum Gasteiger partial charge on any atom is -0.338 e. The first-order valence-electron chi connectivity index (χ1n) is 6.62. The molecule has 1 aliphatic heterocycles. The van der Waals surface area contributed by atoms with Gasteiger partial charge in [-0.15, -0.1) is 0 Å². The SMILES string of the molecule is Cc1cc(C(=O)N2CCC(N)C(C)(C)C2)ccc1F. The van der Waals surface area contributed by atoms with Crippen LogP contribution < -0.4 is 5.73 Å². The molecule has 1 unspecified atom stereocenters. The van der Waals surface area contributed by atoms with Crippen LogP contribution in [-0.2, 0) is 0 Å². The number of nitrogens with zero attached hydrogens (tertiary/aromatic N) is 1. The van der Waals surface area contributed by atoms with Gasteiger partial charge in [0.15, 0.2) is 0 Å². The van der Waals surface area contributed by atoms with E-state index < -0.39 is 0 Å². The molecule has 1 aromatic rings. The van der Waals surface area contributed by atoms with Gasteiger partial charge in [0.1, 0.15) is 5.82 Å². The molecule has 0 aromatic heterocycles. The summed E-state index contributed by atoms with van der Waals surface area (Å²) in [7, 11) is 0. The normalized spacial score (nSPS) is 22.4. The molecule has 0 bridgehead atoms. The van der Waals surface area contributed by atoms with Gasteiger partial charge in [0, 0.05) is 24.7 Å². The van der Waals surface area contributed by atoms with Crippen molar-refractivity contribution in [1.29, 1.82) is 0 Å². The first-order valence-corrected chi connectivity index (χ1v) is 6.62. The van der Waals surface area contributed by atoms with E-state index >= 15 is 0 Å². The molecule has 19 heavy (non-hydrogen) atoms. The van der Waals surface area contributed by atoms with Crippen molar-refractivity contribution in [2.45, 2.75) is 33.2 Å². The molecule has 1 aromatic carbocycles. The Balaban J connectivity index is 2.18. The number of likely N-dealkylation sites (tertiary alicyclic amines) is 1. The molecular weight excluding hydrogens is 243 g/mol. The van der Waals surface area contributed by atoms with Crippen LogP contribution in [0.15, 0.2) is 18.2 Å². The third kappa shape index (κ3) is 2.78. The molecule has 1 saturated heterocycles. The molecule has 1 amide bonds. The molecule has 4 heteroatoms. The Labute approximate surface area is 113 Å². The predicted molar refractivity (Wildman–Crippen MR) is 73.4 cm³/mol. The second kappa shape index (κ2) is 4.93. The smallest absolute Gasteiger partial charge is 0.253 e. The van der Waals surface area contributed by atoms with E-state index in [4.69, 9.17) is 5.73 Å². The number of carbonyl (C=O) groups is 1. The quantitative estimate of drug-likeness (QED) is 0.846. The summed E-state index contributed by atoms with van der Waals surface area (Å²) in [5.41, 5.74) is 7.03. The summed E-state index contributed by atoms with van der Waals surface area (Å²) in [6, 6.07) is 4.63. The van der Waals surface area contributed by atoms with E-state index in [1.807, 2.05) is 4.90 Å². The maximum Gasteiger partial charge on any atom is 0.253 e. The number of amides is 1.